The summed E-state index contributed by atoms with van der Waals surface area (Å²) in [5.74, 6) is 0.736. The zero-order chi connectivity index (χ0) is 20.3. The molecular formula is C25H16N2O2S. The summed E-state index contributed by atoms with van der Waals surface area (Å²) in [6.45, 7) is 0. The predicted octanol–water partition coefficient (Wildman–Crippen LogP) is 5.51. The Kier molecular flexibility index (Phi) is 3.52. The number of nitrogens with zero attached hydrogens (tertiary/aromatic N) is 2. The van der Waals surface area contributed by atoms with Gasteiger partial charge in [0.1, 0.15) is 10.7 Å². The average Bonchev–Trinajstić information content (AvgIpc) is 3.19. The smallest absolute Gasteiger partial charge is 0.211 e. The van der Waals surface area contributed by atoms with Gasteiger partial charge in [0.25, 0.3) is 0 Å². The third-order valence-corrected chi connectivity index (χ3v) is 7.42. The second kappa shape index (κ2) is 6.15. The molecule has 1 aliphatic rings. The topological polar surface area (TPSA) is 52.0 Å². The second-order valence-corrected chi connectivity index (χ2v) is 9.14. The highest BCUT2D eigenvalue weighted by molar-refractivity contribution is 7.92. The molecule has 0 unspecified atom stereocenters. The van der Waals surface area contributed by atoms with Crippen molar-refractivity contribution in [3.63, 3.8) is 0 Å². The van der Waals surface area contributed by atoms with E-state index < -0.39 is 9.84 Å². The van der Waals surface area contributed by atoms with Crippen LogP contribution in [0.25, 0.3) is 39.2 Å². The van der Waals surface area contributed by atoms with Crippen molar-refractivity contribution in [1.82, 2.24) is 9.55 Å². The molecule has 30 heavy (non-hydrogen) atoms. The molecule has 1 aromatic heterocycles. The van der Waals surface area contributed by atoms with Crippen LogP contribution in [0.2, 0.25) is 0 Å². The Bertz CT molecular complexity index is 1540. The number of sulfone groups is 1. The highest BCUT2D eigenvalue weighted by atomic mass is 32.2. The highest BCUT2D eigenvalue weighted by Gasteiger charge is 2.35. The molecule has 5 heteroatoms. The molecule has 0 atom stereocenters. The van der Waals surface area contributed by atoms with Crippen molar-refractivity contribution in [2.24, 2.45) is 0 Å². The lowest BCUT2D eigenvalue weighted by molar-refractivity contribution is 0.595. The average molecular weight is 408 g/mol. The van der Waals surface area contributed by atoms with Gasteiger partial charge < -0.3 is 0 Å². The van der Waals surface area contributed by atoms with E-state index in [1.807, 2.05) is 89.5 Å². The fourth-order valence-corrected chi connectivity index (χ4v) is 6.10. The van der Waals surface area contributed by atoms with E-state index in [4.69, 9.17) is 4.98 Å². The minimum Gasteiger partial charge on any atom is -0.290 e. The van der Waals surface area contributed by atoms with Crippen molar-refractivity contribution in [3.8, 4) is 28.2 Å². The number of imidazole rings is 1. The number of aromatic nitrogens is 2. The van der Waals surface area contributed by atoms with E-state index in [1.165, 1.54) is 0 Å². The van der Waals surface area contributed by atoms with E-state index in [2.05, 4.69) is 0 Å². The van der Waals surface area contributed by atoms with Crippen molar-refractivity contribution < 1.29 is 8.42 Å². The van der Waals surface area contributed by atoms with Gasteiger partial charge in [-0.3, -0.25) is 4.57 Å². The predicted molar refractivity (Wildman–Crippen MR) is 117 cm³/mol. The Hall–Kier alpha value is -3.70. The molecule has 6 rings (SSSR count). The van der Waals surface area contributed by atoms with Crippen LogP contribution in [-0.2, 0) is 9.84 Å². The van der Waals surface area contributed by atoms with E-state index in [0.29, 0.717) is 32.1 Å². The Morgan fingerprint density at radius 3 is 2.07 bits per heavy atom. The molecule has 0 N–H and O–H groups in total. The van der Waals surface area contributed by atoms with Gasteiger partial charge in [-0.2, -0.15) is 0 Å². The van der Waals surface area contributed by atoms with E-state index >= 15 is 0 Å². The van der Waals surface area contributed by atoms with Gasteiger partial charge in [0, 0.05) is 11.1 Å². The Labute approximate surface area is 174 Å². The summed E-state index contributed by atoms with van der Waals surface area (Å²) in [4.78, 5) is 5.44. The second-order valence-electron chi connectivity index (χ2n) is 7.28. The van der Waals surface area contributed by atoms with Crippen LogP contribution in [0.1, 0.15) is 0 Å². The van der Waals surface area contributed by atoms with Crippen LogP contribution in [-0.4, -0.2) is 18.0 Å². The van der Waals surface area contributed by atoms with E-state index in [0.717, 1.165) is 17.0 Å². The minimum atomic E-state index is -3.72. The molecule has 0 saturated heterocycles. The molecule has 2 heterocycles. The number of hydrogen-bond donors (Lipinski definition) is 0. The molecular weight excluding hydrogens is 392 g/mol. The SMILES string of the molecule is O=S1(=O)c2c(-c3ccccc3)cccc2-n2c(-c3ccccc3)nc3cccc1c32. The fraction of sp³-hybridized carbons (Fsp3) is 0. The summed E-state index contributed by atoms with van der Waals surface area (Å²) in [5, 5.41) is 0. The van der Waals surface area contributed by atoms with Gasteiger partial charge in [0.15, 0.2) is 0 Å². The number of rotatable bonds is 2. The Morgan fingerprint density at radius 2 is 1.33 bits per heavy atom. The van der Waals surface area contributed by atoms with Crippen LogP contribution in [0.5, 0.6) is 0 Å². The lowest BCUT2D eigenvalue weighted by Crippen LogP contribution is -2.16. The lowest BCUT2D eigenvalue weighted by Gasteiger charge is -2.23. The summed E-state index contributed by atoms with van der Waals surface area (Å²) in [7, 11) is -3.72. The Morgan fingerprint density at radius 1 is 0.667 bits per heavy atom. The highest BCUT2D eigenvalue weighted by Crippen LogP contribution is 2.44. The molecule has 0 radical (unpaired) electrons. The molecule has 0 aliphatic carbocycles. The van der Waals surface area contributed by atoms with E-state index in [9.17, 15) is 8.42 Å². The van der Waals surface area contributed by atoms with Gasteiger partial charge in [-0.25, -0.2) is 13.4 Å². The zero-order valence-corrected chi connectivity index (χ0v) is 16.7. The van der Waals surface area contributed by atoms with Gasteiger partial charge in [-0.15, -0.1) is 0 Å². The maximum Gasteiger partial charge on any atom is 0.211 e. The first-order valence-electron chi connectivity index (χ1n) is 9.67. The molecule has 0 bridgehead atoms. The summed E-state index contributed by atoms with van der Waals surface area (Å²) < 4.78 is 29.6. The number of hydrogen-bond acceptors (Lipinski definition) is 3. The maximum atomic E-state index is 13.8. The first kappa shape index (κ1) is 17.2. The standard InChI is InChI=1S/C25H16N2O2S/c28-30(29)22-16-8-14-20-23(22)27(25(26-20)18-11-5-2-6-12-18)21-15-7-13-19(24(21)30)17-9-3-1-4-10-17/h1-16H. The van der Waals surface area contributed by atoms with Gasteiger partial charge in [0.2, 0.25) is 9.84 Å². The quantitative estimate of drug-likeness (QED) is 0.380. The first-order valence-corrected chi connectivity index (χ1v) is 11.2. The summed E-state index contributed by atoms with van der Waals surface area (Å²) in [5.41, 5.74) is 4.45. The molecule has 0 spiro atoms. The molecule has 5 aromatic rings. The van der Waals surface area contributed by atoms with Crippen molar-refractivity contribution in [2.45, 2.75) is 9.79 Å². The third kappa shape index (κ3) is 2.27. The Balaban J connectivity index is 1.80. The van der Waals surface area contributed by atoms with Crippen molar-refractivity contribution in [2.75, 3.05) is 0 Å². The minimum absolute atomic E-state index is 0.297. The lowest BCUT2D eigenvalue weighted by atomic mass is 10.0. The molecule has 0 amide bonds. The third-order valence-electron chi connectivity index (χ3n) is 5.55. The van der Waals surface area contributed by atoms with Crippen LogP contribution >= 0.6 is 0 Å². The largest absolute Gasteiger partial charge is 0.290 e. The van der Waals surface area contributed by atoms with E-state index in [-0.39, 0.29) is 0 Å². The molecule has 144 valence electrons. The maximum absolute atomic E-state index is 13.8. The van der Waals surface area contributed by atoms with Crippen LogP contribution in [0.4, 0.5) is 0 Å². The number of para-hydroxylation sites is 1. The summed E-state index contributed by atoms with van der Waals surface area (Å²) in [6.07, 6.45) is 0. The van der Waals surface area contributed by atoms with Gasteiger partial charge in [-0.1, -0.05) is 78.9 Å². The van der Waals surface area contributed by atoms with Crippen LogP contribution < -0.4 is 0 Å². The van der Waals surface area contributed by atoms with Crippen molar-refractivity contribution >= 4 is 20.9 Å². The van der Waals surface area contributed by atoms with Gasteiger partial charge in [-0.05, 0) is 23.8 Å². The molecule has 0 saturated carbocycles. The molecule has 1 aliphatic heterocycles. The zero-order valence-electron chi connectivity index (χ0n) is 15.9. The normalized spacial score (nSPS) is 13.9. The van der Waals surface area contributed by atoms with Crippen LogP contribution in [0, 0.1) is 0 Å². The van der Waals surface area contributed by atoms with E-state index in [1.54, 1.807) is 12.1 Å². The molecule has 4 aromatic carbocycles. The van der Waals surface area contributed by atoms with Crippen LogP contribution in [0.15, 0.2) is 107 Å². The molecule has 0 fully saturated rings. The summed E-state index contributed by atoms with van der Waals surface area (Å²) >= 11 is 0. The van der Waals surface area contributed by atoms with Gasteiger partial charge in [0.05, 0.1) is 21.6 Å². The van der Waals surface area contributed by atoms with Crippen molar-refractivity contribution in [1.29, 1.82) is 0 Å². The van der Waals surface area contributed by atoms with Gasteiger partial charge >= 0.3 is 0 Å². The fourth-order valence-electron chi connectivity index (χ4n) is 4.27. The molecule has 4 nitrogen and oxygen atoms in total. The van der Waals surface area contributed by atoms with Crippen molar-refractivity contribution in [3.05, 3.63) is 97.1 Å². The first-order chi connectivity index (χ1) is 14.7. The van der Waals surface area contributed by atoms with Crippen LogP contribution in [0.3, 0.4) is 0 Å². The number of fused-ring (bicyclic) bond motifs is 2. The monoisotopic (exact) mass is 408 g/mol. The summed E-state index contributed by atoms with van der Waals surface area (Å²) in [6, 6.07) is 30.5. The number of benzene rings is 4.